The van der Waals surface area contributed by atoms with Gasteiger partial charge in [-0.1, -0.05) is 11.6 Å². The zero-order valence-corrected chi connectivity index (χ0v) is 10.3. The number of nitrogens with two attached hydrogens (primary N) is 1. The molecule has 0 bridgehead atoms. The van der Waals surface area contributed by atoms with Crippen molar-refractivity contribution in [3.05, 3.63) is 39.6 Å². The number of H-pyrrole nitrogens is 1. The highest BCUT2D eigenvalue weighted by molar-refractivity contribution is 7.71. The maximum absolute atomic E-state index is 11.9. The van der Waals surface area contributed by atoms with Crippen LogP contribution in [0.1, 0.15) is 10.4 Å². The van der Waals surface area contributed by atoms with Crippen LogP contribution in [-0.2, 0) is 6.54 Å². The highest BCUT2D eigenvalue weighted by atomic mass is 35.5. The van der Waals surface area contributed by atoms with Crippen LogP contribution < -0.4 is 5.73 Å². The van der Waals surface area contributed by atoms with E-state index < -0.39 is 0 Å². The van der Waals surface area contributed by atoms with E-state index in [0.717, 1.165) is 0 Å². The van der Waals surface area contributed by atoms with Gasteiger partial charge in [0.05, 0.1) is 0 Å². The molecule has 0 amide bonds. The second kappa shape index (κ2) is 4.68. The molecule has 1 heterocycles. The first-order chi connectivity index (χ1) is 8.06. The van der Waals surface area contributed by atoms with E-state index in [4.69, 9.17) is 29.6 Å². The second-order valence-electron chi connectivity index (χ2n) is 3.40. The summed E-state index contributed by atoms with van der Waals surface area (Å²) in [6.07, 6.45) is 0. The smallest absolute Gasteiger partial charge is 0.218 e. The van der Waals surface area contributed by atoms with Gasteiger partial charge < -0.3 is 5.73 Å². The van der Waals surface area contributed by atoms with Crippen molar-refractivity contribution in [2.75, 3.05) is 5.73 Å². The normalized spacial score (nSPS) is 10.4. The topological polar surface area (TPSA) is 76.7 Å². The number of anilines is 1. The fourth-order valence-corrected chi connectivity index (χ4v) is 1.68. The van der Waals surface area contributed by atoms with Crippen LogP contribution in [0.5, 0.6) is 0 Å². The quantitative estimate of drug-likeness (QED) is 0.660. The van der Waals surface area contributed by atoms with Crippen LogP contribution in [0.15, 0.2) is 24.3 Å². The van der Waals surface area contributed by atoms with E-state index in [2.05, 4.69) is 10.1 Å². The van der Waals surface area contributed by atoms with Gasteiger partial charge in [0.2, 0.25) is 10.7 Å². The summed E-state index contributed by atoms with van der Waals surface area (Å²) in [5.41, 5.74) is 6.13. The molecule has 1 aromatic carbocycles. The predicted molar refractivity (Wildman–Crippen MR) is 67.6 cm³/mol. The number of rotatable bonds is 3. The number of carbonyl (C=O) groups is 1. The number of benzene rings is 1. The number of hydrogen-bond acceptors (Lipinski definition) is 4. The Bertz CT molecular complexity index is 602. The van der Waals surface area contributed by atoms with E-state index in [1.54, 1.807) is 24.3 Å². The number of hydrogen-bond donors (Lipinski definition) is 2. The molecule has 1 aromatic heterocycles. The monoisotopic (exact) mass is 268 g/mol. The van der Waals surface area contributed by atoms with Gasteiger partial charge in [-0.2, -0.15) is 4.98 Å². The maximum Gasteiger partial charge on any atom is 0.218 e. The lowest BCUT2D eigenvalue weighted by molar-refractivity contribution is 0.0968. The molecule has 0 aliphatic rings. The predicted octanol–water partition coefficient (Wildman–Crippen LogP) is 2.06. The van der Waals surface area contributed by atoms with Crippen LogP contribution >= 0.6 is 23.8 Å². The number of nitrogens with one attached hydrogen (secondary N) is 1. The first-order valence-electron chi connectivity index (χ1n) is 4.77. The van der Waals surface area contributed by atoms with Crippen molar-refractivity contribution < 1.29 is 4.79 Å². The summed E-state index contributed by atoms with van der Waals surface area (Å²) < 4.78 is 1.66. The molecule has 0 fully saturated rings. The lowest BCUT2D eigenvalue weighted by Crippen LogP contribution is -2.13. The molecule has 0 saturated heterocycles. The van der Waals surface area contributed by atoms with Crippen molar-refractivity contribution in [3.63, 3.8) is 0 Å². The Labute approximate surface area is 107 Å². The summed E-state index contributed by atoms with van der Waals surface area (Å²) in [6.45, 7) is 0.0666. The molecule has 3 N–H and O–H groups in total. The van der Waals surface area contributed by atoms with E-state index in [0.29, 0.717) is 10.6 Å². The van der Waals surface area contributed by atoms with Crippen molar-refractivity contribution in [2.45, 2.75) is 6.54 Å². The first-order valence-corrected chi connectivity index (χ1v) is 5.56. The molecule has 0 aliphatic heterocycles. The number of nitrogen functional groups attached to an aromatic ring is 1. The zero-order valence-electron chi connectivity index (χ0n) is 8.68. The lowest BCUT2D eigenvalue weighted by Gasteiger charge is -2.03. The summed E-state index contributed by atoms with van der Waals surface area (Å²) in [5, 5.41) is 3.29. The Balaban J connectivity index is 2.19. The van der Waals surface area contributed by atoms with Gasteiger partial charge in [-0.3, -0.25) is 9.89 Å². The van der Waals surface area contributed by atoms with Crippen LogP contribution in [0.3, 0.4) is 0 Å². The van der Waals surface area contributed by atoms with Gasteiger partial charge in [0, 0.05) is 10.6 Å². The van der Waals surface area contributed by atoms with Gasteiger partial charge in [-0.15, -0.1) is 0 Å². The van der Waals surface area contributed by atoms with Crippen LogP contribution in [0.25, 0.3) is 0 Å². The van der Waals surface area contributed by atoms with Crippen molar-refractivity contribution in [2.24, 2.45) is 0 Å². The fourth-order valence-electron chi connectivity index (χ4n) is 1.35. The minimum absolute atomic E-state index is 0.0666. The molecule has 0 unspecified atom stereocenters. The molecule has 17 heavy (non-hydrogen) atoms. The third kappa shape index (κ3) is 2.72. The van der Waals surface area contributed by atoms with E-state index >= 15 is 0 Å². The summed E-state index contributed by atoms with van der Waals surface area (Å²) in [4.78, 5) is 15.7. The maximum atomic E-state index is 11.9. The second-order valence-corrected chi connectivity index (χ2v) is 4.23. The van der Waals surface area contributed by atoms with Crippen LogP contribution in [0.2, 0.25) is 5.02 Å². The largest absolute Gasteiger partial charge is 0.368 e. The lowest BCUT2D eigenvalue weighted by atomic mass is 10.1. The van der Waals surface area contributed by atoms with Gasteiger partial charge in [0.15, 0.2) is 5.78 Å². The molecule has 0 saturated carbocycles. The highest BCUT2D eigenvalue weighted by Gasteiger charge is 2.09. The Morgan fingerprint density at radius 3 is 2.65 bits per heavy atom. The number of nitrogens with zero attached hydrogens (tertiary/aromatic N) is 2. The highest BCUT2D eigenvalue weighted by Crippen LogP contribution is 2.11. The number of halogens is 1. The minimum atomic E-state index is -0.1000. The molecule has 5 nitrogen and oxygen atoms in total. The average molecular weight is 269 g/mol. The van der Waals surface area contributed by atoms with E-state index in [1.165, 1.54) is 4.68 Å². The van der Waals surface area contributed by atoms with E-state index in [9.17, 15) is 4.79 Å². The molecule has 2 rings (SSSR count). The van der Waals surface area contributed by atoms with Crippen LogP contribution in [-0.4, -0.2) is 20.5 Å². The van der Waals surface area contributed by atoms with Gasteiger partial charge >= 0.3 is 0 Å². The zero-order chi connectivity index (χ0) is 12.4. The molecule has 0 radical (unpaired) electrons. The third-order valence-corrected chi connectivity index (χ3v) is 2.63. The van der Waals surface area contributed by atoms with Gasteiger partial charge in [-0.05, 0) is 36.5 Å². The Hall–Kier alpha value is -1.66. The standard InChI is InChI=1S/C10H9ClN4OS/c11-7-3-1-6(2-4-7)8(16)5-15-9(12)13-10(17)14-15/h1-4H,5H2,(H3,12,13,14,17). The summed E-state index contributed by atoms with van der Waals surface area (Å²) in [7, 11) is 0. The molecular weight excluding hydrogens is 260 g/mol. The first kappa shape index (κ1) is 11.8. The minimum Gasteiger partial charge on any atom is -0.368 e. The Morgan fingerprint density at radius 2 is 2.12 bits per heavy atom. The number of aromatic amines is 1. The van der Waals surface area contributed by atoms with E-state index in [1.807, 2.05) is 0 Å². The SMILES string of the molecule is Nc1nc(=S)[nH]n1CC(=O)c1ccc(Cl)cc1. The Morgan fingerprint density at radius 1 is 1.47 bits per heavy atom. The average Bonchev–Trinajstić information content (AvgIpc) is 2.58. The number of Topliss-reactive ketones (excluding diaryl/α,β-unsaturated/α-hetero) is 1. The molecule has 7 heteroatoms. The molecule has 0 atom stereocenters. The summed E-state index contributed by atoms with van der Waals surface area (Å²) >= 11 is 10.5. The number of ketones is 1. The van der Waals surface area contributed by atoms with Crippen molar-refractivity contribution in [1.82, 2.24) is 14.8 Å². The molecule has 2 aromatic rings. The van der Waals surface area contributed by atoms with Crippen LogP contribution in [0, 0.1) is 4.77 Å². The fraction of sp³-hybridized carbons (Fsp3) is 0.100. The Kier molecular flexibility index (Phi) is 3.26. The third-order valence-electron chi connectivity index (χ3n) is 2.19. The van der Waals surface area contributed by atoms with Gasteiger partial charge in [0.25, 0.3) is 0 Å². The van der Waals surface area contributed by atoms with Crippen molar-refractivity contribution in [1.29, 1.82) is 0 Å². The summed E-state index contributed by atoms with van der Waals surface area (Å²) in [5.74, 6) is 0.0920. The van der Waals surface area contributed by atoms with Gasteiger partial charge in [0.1, 0.15) is 6.54 Å². The molecule has 0 spiro atoms. The van der Waals surface area contributed by atoms with Crippen molar-refractivity contribution >= 4 is 35.6 Å². The summed E-state index contributed by atoms with van der Waals surface area (Å²) in [6, 6.07) is 6.64. The number of aromatic nitrogens is 3. The molecular formula is C10H9ClN4OS. The van der Waals surface area contributed by atoms with E-state index in [-0.39, 0.29) is 23.0 Å². The molecule has 0 aliphatic carbocycles. The van der Waals surface area contributed by atoms with Gasteiger partial charge in [-0.25, -0.2) is 4.68 Å². The van der Waals surface area contributed by atoms with Crippen LogP contribution in [0.4, 0.5) is 5.95 Å². The number of carbonyl (C=O) groups excluding carboxylic acids is 1. The molecule has 88 valence electrons. The van der Waals surface area contributed by atoms with Crippen molar-refractivity contribution in [3.8, 4) is 0 Å².